The molecule has 2 N–H and O–H groups in total. The second-order valence-electron chi connectivity index (χ2n) is 5.37. The average molecular weight is 303 g/mol. The molecule has 1 aromatic heterocycles. The van der Waals surface area contributed by atoms with E-state index < -0.39 is 0 Å². The summed E-state index contributed by atoms with van der Waals surface area (Å²) in [6.07, 6.45) is 3.21. The molecule has 0 radical (unpaired) electrons. The number of piperidine rings is 1. The number of rotatable bonds is 4. The molecular formula is C14H17N5O3. The number of H-pyrrole nitrogens is 1. The van der Waals surface area contributed by atoms with Gasteiger partial charge in [0.25, 0.3) is 5.69 Å². The van der Waals surface area contributed by atoms with Crippen molar-refractivity contribution in [3.8, 4) is 0 Å². The van der Waals surface area contributed by atoms with Crippen molar-refractivity contribution in [1.82, 2.24) is 15.2 Å². The van der Waals surface area contributed by atoms with Gasteiger partial charge in [0.05, 0.1) is 11.5 Å². The van der Waals surface area contributed by atoms with E-state index in [-0.39, 0.29) is 17.2 Å². The van der Waals surface area contributed by atoms with Crippen molar-refractivity contribution in [1.29, 1.82) is 0 Å². The van der Waals surface area contributed by atoms with Gasteiger partial charge < -0.3 is 10.0 Å². The van der Waals surface area contributed by atoms with Gasteiger partial charge in [-0.25, -0.2) is 4.98 Å². The predicted molar refractivity (Wildman–Crippen MR) is 79.6 cm³/mol. The second-order valence-corrected chi connectivity index (χ2v) is 5.37. The van der Waals surface area contributed by atoms with Crippen LogP contribution in [0.4, 0.5) is 11.4 Å². The number of nitrogens with one attached hydrogen (secondary N) is 1. The molecule has 1 fully saturated rings. The highest BCUT2D eigenvalue weighted by Gasteiger charge is 2.26. The third kappa shape index (κ3) is 2.77. The van der Waals surface area contributed by atoms with E-state index >= 15 is 0 Å². The lowest BCUT2D eigenvalue weighted by molar-refractivity contribution is -0.384. The minimum atomic E-state index is -0.376. The number of aromatic amines is 1. The molecule has 1 saturated heterocycles. The minimum absolute atomic E-state index is 0.0790. The summed E-state index contributed by atoms with van der Waals surface area (Å²) in [4.78, 5) is 17.0. The summed E-state index contributed by atoms with van der Waals surface area (Å²) in [5.41, 5.74) is 1.33. The summed E-state index contributed by atoms with van der Waals surface area (Å²) in [5.74, 6) is 1.18. The van der Waals surface area contributed by atoms with Crippen molar-refractivity contribution < 1.29 is 10.0 Å². The smallest absolute Gasteiger partial charge is 0.292 e. The Morgan fingerprint density at radius 2 is 2.18 bits per heavy atom. The molecule has 2 heterocycles. The Morgan fingerprint density at radius 3 is 2.77 bits per heavy atom. The van der Waals surface area contributed by atoms with Crippen molar-refractivity contribution >= 4 is 11.4 Å². The second kappa shape index (κ2) is 6.10. The summed E-state index contributed by atoms with van der Waals surface area (Å²) in [5, 5.41) is 27.2. The molecule has 0 aliphatic carbocycles. The van der Waals surface area contributed by atoms with Gasteiger partial charge in [-0.05, 0) is 30.5 Å². The Balaban J connectivity index is 1.79. The van der Waals surface area contributed by atoms with Gasteiger partial charge in [-0.1, -0.05) is 0 Å². The summed E-state index contributed by atoms with van der Waals surface area (Å²) >= 11 is 0. The van der Waals surface area contributed by atoms with Crippen molar-refractivity contribution in [2.75, 3.05) is 18.0 Å². The molecule has 1 aliphatic rings. The van der Waals surface area contributed by atoms with Gasteiger partial charge in [0.15, 0.2) is 0 Å². The van der Waals surface area contributed by atoms with Crippen LogP contribution in [0.25, 0.3) is 0 Å². The van der Waals surface area contributed by atoms with E-state index in [0.29, 0.717) is 30.3 Å². The van der Waals surface area contributed by atoms with Crippen molar-refractivity contribution in [3.05, 3.63) is 46.0 Å². The number of anilines is 1. The van der Waals surface area contributed by atoms with Crippen LogP contribution in [0.5, 0.6) is 0 Å². The first-order chi connectivity index (χ1) is 10.7. The molecule has 0 bridgehead atoms. The number of aliphatic hydroxyl groups is 1. The van der Waals surface area contributed by atoms with Gasteiger partial charge >= 0.3 is 0 Å². The summed E-state index contributed by atoms with van der Waals surface area (Å²) < 4.78 is 0. The molecule has 1 aromatic carbocycles. The van der Waals surface area contributed by atoms with Crippen LogP contribution >= 0.6 is 0 Å². The Bertz CT molecular complexity index is 651. The molecule has 0 spiro atoms. The van der Waals surface area contributed by atoms with Gasteiger partial charge in [-0.15, -0.1) is 0 Å². The maximum atomic E-state index is 11.2. The van der Waals surface area contributed by atoms with E-state index in [0.717, 1.165) is 18.7 Å². The molecule has 0 saturated carbocycles. The molecule has 22 heavy (non-hydrogen) atoms. The van der Waals surface area contributed by atoms with Gasteiger partial charge in [-0.2, -0.15) is 5.10 Å². The standard InChI is InChI=1S/C14H17N5O3/c20-8-10-1-2-12(19(21)22)13(7-10)18-5-3-11(4-6-18)14-15-9-16-17-14/h1-2,7,9,11,20H,3-6,8H2,(H,15,16,17). The molecular weight excluding hydrogens is 286 g/mol. The Hall–Kier alpha value is -2.48. The molecule has 1 aliphatic heterocycles. The first kappa shape index (κ1) is 14.5. The van der Waals surface area contributed by atoms with Crippen LogP contribution in [0.2, 0.25) is 0 Å². The zero-order chi connectivity index (χ0) is 15.5. The van der Waals surface area contributed by atoms with Crippen LogP contribution in [0.15, 0.2) is 24.5 Å². The number of hydrogen-bond donors (Lipinski definition) is 2. The Kier molecular flexibility index (Phi) is 4.01. The number of aromatic nitrogens is 3. The molecule has 0 amide bonds. The van der Waals surface area contributed by atoms with E-state index in [9.17, 15) is 15.2 Å². The zero-order valence-corrected chi connectivity index (χ0v) is 12.0. The van der Waals surface area contributed by atoms with Crippen LogP contribution in [-0.4, -0.2) is 38.3 Å². The number of nitrogens with zero attached hydrogens (tertiary/aromatic N) is 4. The zero-order valence-electron chi connectivity index (χ0n) is 12.0. The largest absolute Gasteiger partial charge is 0.392 e. The van der Waals surface area contributed by atoms with Crippen LogP contribution in [0, 0.1) is 10.1 Å². The number of hydrogen-bond acceptors (Lipinski definition) is 6. The summed E-state index contributed by atoms with van der Waals surface area (Å²) in [6, 6.07) is 4.75. The normalized spacial score (nSPS) is 16.0. The molecule has 2 aromatic rings. The first-order valence-corrected chi connectivity index (χ1v) is 7.17. The maximum absolute atomic E-state index is 11.2. The summed E-state index contributed by atoms with van der Waals surface area (Å²) in [7, 11) is 0. The van der Waals surface area contributed by atoms with Crippen LogP contribution in [0.1, 0.15) is 30.1 Å². The van der Waals surface area contributed by atoms with Gasteiger partial charge in [-0.3, -0.25) is 15.2 Å². The highest BCUT2D eigenvalue weighted by atomic mass is 16.6. The fourth-order valence-electron chi connectivity index (χ4n) is 2.88. The lowest BCUT2D eigenvalue weighted by Crippen LogP contribution is -2.33. The van der Waals surface area contributed by atoms with Crippen molar-refractivity contribution in [2.45, 2.75) is 25.4 Å². The topological polar surface area (TPSA) is 108 Å². The van der Waals surface area contributed by atoms with Gasteiger partial charge in [0.1, 0.15) is 17.8 Å². The van der Waals surface area contributed by atoms with E-state index in [4.69, 9.17) is 0 Å². The molecule has 116 valence electrons. The quantitative estimate of drug-likeness (QED) is 0.656. The molecule has 8 nitrogen and oxygen atoms in total. The van der Waals surface area contributed by atoms with E-state index in [1.807, 2.05) is 4.90 Å². The molecule has 8 heteroatoms. The Morgan fingerprint density at radius 1 is 1.41 bits per heavy atom. The molecule has 0 unspecified atom stereocenters. The highest BCUT2D eigenvalue weighted by Crippen LogP contribution is 2.34. The summed E-state index contributed by atoms with van der Waals surface area (Å²) in [6.45, 7) is 1.29. The molecule has 0 atom stereocenters. The molecule has 3 rings (SSSR count). The van der Waals surface area contributed by atoms with Crippen molar-refractivity contribution in [2.24, 2.45) is 0 Å². The number of aliphatic hydroxyl groups excluding tert-OH is 1. The fraction of sp³-hybridized carbons (Fsp3) is 0.429. The first-order valence-electron chi connectivity index (χ1n) is 7.17. The monoisotopic (exact) mass is 303 g/mol. The van der Waals surface area contributed by atoms with Gasteiger partial charge in [0, 0.05) is 25.1 Å². The third-order valence-corrected chi connectivity index (χ3v) is 4.08. The number of nitro groups is 1. The van der Waals surface area contributed by atoms with Crippen LogP contribution in [0.3, 0.4) is 0 Å². The Labute approximate surface area is 126 Å². The number of benzene rings is 1. The lowest BCUT2D eigenvalue weighted by atomic mass is 9.95. The fourth-order valence-corrected chi connectivity index (χ4v) is 2.88. The highest BCUT2D eigenvalue weighted by molar-refractivity contribution is 5.64. The maximum Gasteiger partial charge on any atom is 0.292 e. The van der Waals surface area contributed by atoms with Crippen molar-refractivity contribution in [3.63, 3.8) is 0 Å². The minimum Gasteiger partial charge on any atom is -0.392 e. The van der Waals surface area contributed by atoms with E-state index in [1.54, 1.807) is 12.1 Å². The van der Waals surface area contributed by atoms with Crippen LogP contribution < -0.4 is 4.90 Å². The lowest BCUT2D eigenvalue weighted by Gasteiger charge is -2.32. The third-order valence-electron chi connectivity index (χ3n) is 4.08. The number of nitro benzene ring substituents is 1. The predicted octanol–water partition coefficient (Wildman–Crippen LogP) is 1.59. The SMILES string of the molecule is O=[N+]([O-])c1ccc(CO)cc1N1CCC(c2ncn[nH]2)CC1. The average Bonchev–Trinajstić information content (AvgIpc) is 3.09. The van der Waals surface area contributed by atoms with E-state index in [2.05, 4.69) is 15.2 Å². The van der Waals surface area contributed by atoms with Gasteiger partial charge in [0.2, 0.25) is 0 Å². The van der Waals surface area contributed by atoms with Crippen LogP contribution in [-0.2, 0) is 6.61 Å². The van der Waals surface area contributed by atoms with E-state index in [1.165, 1.54) is 12.4 Å².